The van der Waals surface area contributed by atoms with Gasteiger partial charge in [0, 0.05) is 0 Å². The molecule has 2 aliphatic rings. The number of nitrogens with one attached hydrogen (secondary N) is 2. The molecule has 2 saturated heterocycles. The van der Waals surface area contributed by atoms with Gasteiger partial charge in [-0.25, -0.2) is 8.42 Å². The van der Waals surface area contributed by atoms with Crippen LogP contribution in [0.2, 0.25) is 0 Å². The Morgan fingerprint density at radius 2 is 2.00 bits per heavy atom. The van der Waals surface area contributed by atoms with Crippen LogP contribution >= 0.6 is 0 Å². The monoisotopic (exact) mass is 368 g/mol. The molecule has 0 spiro atoms. The molecule has 138 valence electrons. The largest absolute Gasteiger partial charge is 0.506 e. The van der Waals surface area contributed by atoms with E-state index in [1.165, 1.54) is 4.90 Å². The zero-order valence-electron chi connectivity index (χ0n) is 14.5. The van der Waals surface area contributed by atoms with Gasteiger partial charge in [0.25, 0.3) is 5.91 Å². The number of amides is 1. The number of benzene rings is 1. The van der Waals surface area contributed by atoms with E-state index < -0.39 is 15.4 Å². The number of hydrogen-bond acceptors (Lipinski definition) is 5. The summed E-state index contributed by atoms with van der Waals surface area (Å²) in [5, 5.41) is 12.9. The molecule has 3 N–H and O–H groups in total. The van der Waals surface area contributed by atoms with Crippen LogP contribution < -0.4 is 15.1 Å². The third-order valence-electron chi connectivity index (χ3n) is 5.05. The predicted molar refractivity (Wildman–Crippen MR) is 95.7 cm³/mol. The first kappa shape index (κ1) is 18.0. The van der Waals surface area contributed by atoms with Crippen LogP contribution in [0.5, 0.6) is 5.75 Å². The smallest absolute Gasteiger partial charge is 0.275 e. The van der Waals surface area contributed by atoms with Crippen LogP contribution in [-0.2, 0) is 14.6 Å². The predicted octanol–water partition coefficient (Wildman–Crippen LogP) is -1.21. The van der Waals surface area contributed by atoms with E-state index in [0.717, 1.165) is 31.9 Å². The van der Waals surface area contributed by atoms with Gasteiger partial charge in [0.15, 0.2) is 16.4 Å². The van der Waals surface area contributed by atoms with Crippen LogP contribution in [0.1, 0.15) is 13.3 Å². The molecule has 1 amide bonds. The highest BCUT2D eigenvalue weighted by Crippen LogP contribution is 2.26. The lowest BCUT2D eigenvalue weighted by Gasteiger charge is -2.34. The van der Waals surface area contributed by atoms with Crippen molar-refractivity contribution in [2.45, 2.75) is 18.9 Å². The SMILES string of the molecule is C[C@@]1(NC(=O)C[NH+]2CCN(c3ccccc3O)CC2)CCS(=O)(=O)C1. The van der Waals surface area contributed by atoms with Crippen molar-refractivity contribution >= 4 is 21.4 Å². The van der Waals surface area contributed by atoms with E-state index >= 15 is 0 Å². The Labute approximate surface area is 148 Å². The summed E-state index contributed by atoms with van der Waals surface area (Å²) in [4.78, 5) is 15.6. The van der Waals surface area contributed by atoms with Gasteiger partial charge in [-0.1, -0.05) is 12.1 Å². The van der Waals surface area contributed by atoms with Crippen LogP contribution in [0.25, 0.3) is 0 Å². The molecule has 1 aromatic rings. The fraction of sp³-hybridized carbons (Fsp3) is 0.588. The fourth-order valence-corrected chi connectivity index (χ4v) is 5.78. The summed E-state index contributed by atoms with van der Waals surface area (Å²) in [7, 11) is -3.03. The van der Waals surface area contributed by atoms with Gasteiger partial charge < -0.3 is 20.2 Å². The molecule has 25 heavy (non-hydrogen) atoms. The minimum Gasteiger partial charge on any atom is -0.506 e. The van der Waals surface area contributed by atoms with Crippen molar-refractivity contribution in [2.75, 3.05) is 49.1 Å². The van der Waals surface area contributed by atoms with Crippen molar-refractivity contribution in [3.8, 4) is 5.75 Å². The van der Waals surface area contributed by atoms with Gasteiger partial charge in [0.05, 0.1) is 48.9 Å². The van der Waals surface area contributed by atoms with Gasteiger partial charge in [-0.2, -0.15) is 0 Å². The summed E-state index contributed by atoms with van der Waals surface area (Å²) in [5.41, 5.74) is 0.196. The van der Waals surface area contributed by atoms with Crippen LogP contribution in [-0.4, -0.2) is 69.2 Å². The molecule has 2 fully saturated rings. The summed E-state index contributed by atoms with van der Waals surface area (Å²) in [5.74, 6) is 0.363. The fourth-order valence-electron chi connectivity index (χ4n) is 3.69. The molecule has 3 rings (SSSR count). The van der Waals surface area contributed by atoms with E-state index in [2.05, 4.69) is 10.2 Å². The zero-order chi connectivity index (χ0) is 18.1. The molecule has 8 heteroatoms. The summed E-state index contributed by atoms with van der Waals surface area (Å²) >= 11 is 0. The number of phenolic OH excluding ortho intramolecular Hbond substituents is 1. The number of hydrogen-bond donors (Lipinski definition) is 3. The molecule has 0 bridgehead atoms. The van der Waals surface area contributed by atoms with E-state index in [9.17, 15) is 18.3 Å². The lowest BCUT2D eigenvalue weighted by atomic mass is 10.0. The third-order valence-corrected chi connectivity index (χ3v) is 6.95. The Kier molecular flexibility index (Phi) is 4.92. The molecule has 2 heterocycles. The number of piperazine rings is 1. The average Bonchev–Trinajstić information content (AvgIpc) is 2.81. The number of para-hydroxylation sites is 2. The molecular weight excluding hydrogens is 342 g/mol. The number of quaternary nitrogens is 1. The topological polar surface area (TPSA) is 91.2 Å². The van der Waals surface area contributed by atoms with Gasteiger partial charge in [-0.15, -0.1) is 0 Å². The molecule has 0 saturated carbocycles. The van der Waals surface area contributed by atoms with E-state index in [1.807, 2.05) is 12.1 Å². The number of aromatic hydroxyl groups is 1. The number of carbonyl (C=O) groups is 1. The number of carbonyl (C=O) groups excluding carboxylic acids is 1. The Morgan fingerprint density at radius 1 is 1.32 bits per heavy atom. The number of anilines is 1. The first-order valence-electron chi connectivity index (χ1n) is 8.64. The van der Waals surface area contributed by atoms with Crippen LogP contribution in [0.3, 0.4) is 0 Å². The molecule has 1 aromatic carbocycles. The van der Waals surface area contributed by atoms with Crippen molar-refractivity contribution in [3.63, 3.8) is 0 Å². The standard InChI is InChI=1S/C17H25N3O4S/c1-17(6-11-25(23,24)13-17)18-16(22)12-19-7-9-20(10-8-19)14-4-2-3-5-15(14)21/h2-5,21H,6-13H2,1H3,(H,18,22)/p+1/t17-/m1/s1. The second kappa shape index (κ2) is 6.84. The minimum absolute atomic E-state index is 0.0299. The Hall–Kier alpha value is -1.80. The third kappa shape index (κ3) is 4.43. The van der Waals surface area contributed by atoms with Crippen molar-refractivity contribution in [2.24, 2.45) is 0 Å². The van der Waals surface area contributed by atoms with Gasteiger partial charge in [-0.3, -0.25) is 4.79 Å². The average molecular weight is 368 g/mol. The van der Waals surface area contributed by atoms with Crippen LogP contribution in [0, 0.1) is 0 Å². The molecule has 0 aliphatic carbocycles. The van der Waals surface area contributed by atoms with Gasteiger partial charge in [0.1, 0.15) is 5.75 Å². The first-order valence-corrected chi connectivity index (χ1v) is 10.5. The Morgan fingerprint density at radius 3 is 2.60 bits per heavy atom. The van der Waals surface area contributed by atoms with Crippen molar-refractivity contribution < 1.29 is 23.2 Å². The normalized spacial score (nSPS) is 26.5. The molecular formula is C17H26N3O4S+. The number of phenols is 1. The summed E-state index contributed by atoms with van der Waals surface area (Å²) < 4.78 is 23.3. The lowest BCUT2D eigenvalue weighted by Crippen LogP contribution is -3.16. The Balaban J connectivity index is 1.49. The molecule has 0 aromatic heterocycles. The summed E-state index contributed by atoms with van der Waals surface area (Å²) in [6, 6.07) is 7.28. The maximum atomic E-state index is 12.3. The molecule has 1 atom stereocenters. The molecule has 0 unspecified atom stereocenters. The molecule has 7 nitrogen and oxygen atoms in total. The van der Waals surface area contributed by atoms with Crippen molar-refractivity contribution in [3.05, 3.63) is 24.3 Å². The zero-order valence-corrected chi connectivity index (χ0v) is 15.3. The first-order chi connectivity index (χ1) is 11.8. The summed E-state index contributed by atoms with van der Waals surface area (Å²) in [6.07, 6.45) is 0.484. The highest BCUT2D eigenvalue weighted by Gasteiger charge is 2.40. The highest BCUT2D eigenvalue weighted by atomic mass is 32.2. The highest BCUT2D eigenvalue weighted by molar-refractivity contribution is 7.91. The molecule has 0 radical (unpaired) electrons. The van der Waals surface area contributed by atoms with Gasteiger partial charge in [-0.05, 0) is 25.5 Å². The van der Waals surface area contributed by atoms with Crippen LogP contribution in [0.4, 0.5) is 5.69 Å². The summed E-state index contributed by atoms with van der Waals surface area (Å²) in [6.45, 7) is 5.30. The van der Waals surface area contributed by atoms with Crippen LogP contribution in [0.15, 0.2) is 24.3 Å². The Bertz CT molecular complexity index is 744. The maximum Gasteiger partial charge on any atom is 0.275 e. The number of sulfone groups is 1. The minimum atomic E-state index is -3.03. The van der Waals surface area contributed by atoms with Gasteiger partial charge in [0.2, 0.25) is 0 Å². The van der Waals surface area contributed by atoms with Crippen molar-refractivity contribution in [1.82, 2.24) is 5.32 Å². The second-order valence-corrected chi connectivity index (χ2v) is 9.54. The number of nitrogens with zero attached hydrogens (tertiary/aromatic N) is 1. The lowest BCUT2D eigenvalue weighted by molar-refractivity contribution is -0.892. The van der Waals surface area contributed by atoms with E-state index in [4.69, 9.17) is 0 Å². The second-order valence-electron chi connectivity index (χ2n) is 7.35. The maximum absolute atomic E-state index is 12.3. The van der Waals surface area contributed by atoms with E-state index in [0.29, 0.717) is 13.0 Å². The van der Waals surface area contributed by atoms with Gasteiger partial charge >= 0.3 is 0 Å². The number of rotatable bonds is 4. The van der Waals surface area contributed by atoms with E-state index in [-0.39, 0.29) is 23.2 Å². The van der Waals surface area contributed by atoms with Crippen molar-refractivity contribution in [1.29, 1.82) is 0 Å². The quantitative estimate of drug-likeness (QED) is 0.620. The van der Waals surface area contributed by atoms with E-state index in [1.54, 1.807) is 19.1 Å². The molecule has 2 aliphatic heterocycles.